The van der Waals surface area contributed by atoms with Crippen molar-refractivity contribution in [2.45, 2.75) is 31.5 Å². The maximum atomic E-state index is 3.59. The highest BCUT2D eigenvalue weighted by Gasteiger charge is 2.19. The summed E-state index contributed by atoms with van der Waals surface area (Å²) in [5.41, 5.74) is 2.79. The first-order chi connectivity index (χ1) is 8.24. The molecule has 1 aliphatic heterocycles. The molecule has 1 aliphatic rings. The topological polar surface area (TPSA) is 3.24 Å². The number of benzene rings is 1. The summed E-state index contributed by atoms with van der Waals surface area (Å²) < 4.78 is 1.17. The van der Waals surface area contributed by atoms with Gasteiger partial charge in [0.05, 0.1) is 0 Å². The standard InChI is InChI=1S/C14H19Br2N/c1-2-11-5-7-17(8-6-11)14-4-3-13(16)9-12(14)10-15/h3-4,9,11H,2,5-8,10H2,1H3. The minimum Gasteiger partial charge on any atom is -0.371 e. The van der Waals surface area contributed by atoms with Crippen LogP contribution in [-0.4, -0.2) is 13.1 Å². The van der Waals surface area contributed by atoms with Gasteiger partial charge in [-0.05, 0) is 42.5 Å². The van der Waals surface area contributed by atoms with Crippen molar-refractivity contribution in [2.24, 2.45) is 5.92 Å². The molecule has 1 aromatic carbocycles. The van der Waals surface area contributed by atoms with Crippen molar-refractivity contribution in [3.8, 4) is 0 Å². The third-order valence-corrected chi connectivity index (χ3v) is 4.82. The van der Waals surface area contributed by atoms with Crippen molar-refractivity contribution >= 4 is 37.5 Å². The van der Waals surface area contributed by atoms with Gasteiger partial charge in [-0.25, -0.2) is 0 Å². The molecule has 1 saturated heterocycles. The Morgan fingerprint density at radius 3 is 2.59 bits per heavy atom. The predicted octanol–water partition coefficient (Wildman–Crippen LogP) is 4.97. The Morgan fingerprint density at radius 1 is 1.29 bits per heavy atom. The van der Waals surface area contributed by atoms with Crippen LogP contribution in [0.4, 0.5) is 5.69 Å². The highest BCUT2D eigenvalue weighted by atomic mass is 79.9. The quantitative estimate of drug-likeness (QED) is 0.688. The van der Waals surface area contributed by atoms with E-state index >= 15 is 0 Å². The molecule has 1 heterocycles. The Morgan fingerprint density at radius 2 is 2.00 bits per heavy atom. The van der Waals surface area contributed by atoms with E-state index in [1.807, 2.05) is 0 Å². The zero-order valence-electron chi connectivity index (χ0n) is 10.3. The van der Waals surface area contributed by atoms with Crippen LogP contribution in [0.3, 0.4) is 0 Å². The van der Waals surface area contributed by atoms with Crippen molar-refractivity contribution in [2.75, 3.05) is 18.0 Å². The Kier molecular flexibility index (Phi) is 4.92. The number of alkyl halides is 1. The van der Waals surface area contributed by atoms with E-state index in [1.165, 1.54) is 48.1 Å². The maximum absolute atomic E-state index is 3.59. The second-order valence-corrected chi connectivity index (χ2v) is 6.22. The minimum atomic E-state index is 0.926. The van der Waals surface area contributed by atoms with Crippen LogP contribution in [0, 0.1) is 5.92 Å². The average Bonchev–Trinajstić information content (AvgIpc) is 2.39. The first kappa shape index (κ1) is 13.4. The van der Waals surface area contributed by atoms with Gasteiger partial charge in [-0.2, -0.15) is 0 Å². The van der Waals surface area contributed by atoms with Crippen molar-refractivity contribution in [3.63, 3.8) is 0 Å². The molecule has 0 aromatic heterocycles. The first-order valence-corrected chi connectivity index (χ1v) is 8.25. The molecule has 0 saturated carbocycles. The first-order valence-electron chi connectivity index (χ1n) is 6.34. The molecule has 1 nitrogen and oxygen atoms in total. The molecule has 2 rings (SSSR count). The summed E-state index contributed by atoms with van der Waals surface area (Å²) in [6.45, 7) is 4.73. The molecule has 0 unspecified atom stereocenters. The van der Waals surface area contributed by atoms with Crippen molar-refractivity contribution in [3.05, 3.63) is 28.2 Å². The number of hydrogen-bond acceptors (Lipinski definition) is 1. The molecule has 1 fully saturated rings. The lowest BCUT2D eigenvalue weighted by Gasteiger charge is -2.34. The van der Waals surface area contributed by atoms with Crippen LogP contribution in [0.5, 0.6) is 0 Å². The van der Waals surface area contributed by atoms with Gasteiger partial charge in [0.25, 0.3) is 0 Å². The second-order valence-electron chi connectivity index (χ2n) is 4.75. The van der Waals surface area contributed by atoms with Crippen molar-refractivity contribution < 1.29 is 0 Å². The number of halogens is 2. The molecular weight excluding hydrogens is 342 g/mol. The van der Waals surface area contributed by atoms with E-state index in [0.717, 1.165) is 11.2 Å². The second kappa shape index (κ2) is 6.24. The highest BCUT2D eigenvalue weighted by molar-refractivity contribution is 9.10. The van der Waals surface area contributed by atoms with Crippen LogP contribution < -0.4 is 4.90 Å². The van der Waals surface area contributed by atoms with Gasteiger partial charge in [0.2, 0.25) is 0 Å². The van der Waals surface area contributed by atoms with E-state index in [4.69, 9.17) is 0 Å². The Balaban J connectivity index is 2.12. The third kappa shape index (κ3) is 3.25. The largest absolute Gasteiger partial charge is 0.371 e. The molecule has 1 aromatic rings. The zero-order chi connectivity index (χ0) is 12.3. The van der Waals surface area contributed by atoms with E-state index in [0.29, 0.717) is 0 Å². The molecule has 0 radical (unpaired) electrons. The normalized spacial score (nSPS) is 17.5. The molecule has 0 aliphatic carbocycles. The van der Waals surface area contributed by atoms with Gasteiger partial charge in [-0.1, -0.05) is 45.2 Å². The Bertz CT molecular complexity index is 370. The van der Waals surface area contributed by atoms with Gasteiger partial charge in [0.1, 0.15) is 0 Å². The monoisotopic (exact) mass is 359 g/mol. The summed E-state index contributed by atoms with van der Waals surface area (Å²) in [5, 5.41) is 0.926. The molecule has 0 spiro atoms. The SMILES string of the molecule is CCC1CCN(c2ccc(Br)cc2CBr)CC1. The summed E-state index contributed by atoms with van der Waals surface area (Å²) in [6.07, 6.45) is 4.02. The Hall–Kier alpha value is -0.0200. The van der Waals surface area contributed by atoms with E-state index in [2.05, 4.69) is 61.9 Å². The summed E-state index contributed by atoms with van der Waals surface area (Å²) in [7, 11) is 0. The summed E-state index contributed by atoms with van der Waals surface area (Å²) in [6, 6.07) is 6.61. The van der Waals surface area contributed by atoms with E-state index in [1.54, 1.807) is 0 Å². The average molecular weight is 361 g/mol. The van der Waals surface area contributed by atoms with E-state index in [9.17, 15) is 0 Å². The number of hydrogen-bond donors (Lipinski definition) is 0. The number of anilines is 1. The minimum absolute atomic E-state index is 0.926. The van der Waals surface area contributed by atoms with Crippen LogP contribution in [0.15, 0.2) is 22.7 Å². The Labute approximate surface area is 121 Å². The molecule has 3 heteroatoms. The van der Waals surface area contributed by atoms with Crippen LogP contribution >= 0.6 is 31.9 Å². The summed E-state index contributed by atoms with van der Waals surface area (Å²) in [4.78, 5) is 2.54. The van der Waals surface area contributed by atoms with Crippen LogP contribution in [-0.2, 0) is 5.33 Å². The number of piperidine rings is 1. The molecule has 0 bridgehead atoms. The fourth-order valence-corrected chi connectivity index (χ4v) is 3.41. The zero-order valence-corrected chi connectivity index (χ0v) is 13.4. The highest BCUT2D eigenvalue weighted by Crippen LogP contribution is 2.30. The molecule has 0 amide bonds. The fourth-order valence-electron chi connectivity index (χ4n) is 2.55. The van der Waals surface area contributed by atoms with Crippen LogP contribution in [0.25, 0.3) is 0 Å². The lowest BCUT2D eigenvalue weighted by Crippen LogP contribution is -2.34. The van der Waals surface area contributed by atoms with Gasteiger partial charge in [-0.15, -0.1) is 0 Å². The number of nitrogens with zero attached hydrogens (tertiary/aromatic N) is 1. The third-order valence-electron chi connectivity index (χ3n) is 3.72. The van der Waals surface area contributed by atoms with Crippen molar-refractivity contribution in [1.29, 1.82) is 0 Å². The number of rotatable bonds is 3. The lowest BCUT2D eigenvalue weighted by atomic mass is 9.94. The molecule has 0 atom stereocenters. The fraction of sp³-hybridized carbons (Fsp3) is 0.571. The van der Waals surface area contributed by atoms with Gasteiger partial charge in [-0.3, -0.25) is 0 Å². The molecule has 94 valence electrons. The summed E-state index contributed by atoms with van der Waals surface area (Å²) in [5.74, 6) is 0.939. The lowest BCUT2D eigenvalue weighted by molar-refractivity contribution is 0.395. The van der Waals surface area contributed by atoms with E-state index in [-0.39, 0.29) is 0 Å². The van der Waals surface area contributed by atoms with Crippen LogP contribution in [0.2, 0.25) is 0 Å². The molecule has 0 N–H and O–H groups in total. The molecule has 17 heavy (non-hydrogen) atoms. The summed E-state index contributed by atoms with van der Waals surface area (Å²) >= 11 is 7.13. The van der Waals surface area contributed by atoms with Gasteiger partial charge in [0.15, 0.2) is 0 Å². The predicted molar refractivity (Wildman–Crippen MR) is 82.0 cm³/mol. The van der Waals surface area contributed by atoms with Gasteiger partial charge in [0, 0.05) is 28.6 Å². The van der Waals surface area contributed by atoms with Crippen LogP contribution in [0.1, 0.15) is 31.7 Å². The van der Waals surface area contributed by atoms with E-state index < -0.39 is 0 Å². The van der Waals surface area contributed by atoms with Gasteiger partial charge >= 0.3 is 0 Å². The maximum Gasteiger partial charge on any atom is 0.0408 e. The van der Waals surface area contributed by atoms with Crippen molar-refractivity contribution in [1.82, 2.24) is 0 Å². The van der Waals surface area contributed by atoms with Gasteiger partial charge < -0.3 is 4.90 Å². The molecular formula is C14H19Br2N. The smallest absolute Gasteiger partial charge is 0.0408 e.